The lowest BCUT2D eigenvalue weighted by Gasteiger charge is -2.35. The SMILES string of the molecule is C[S+]([O-])c1ccc2c(c1)CN([C@H]1COC[C@@H](NC(=O)OC(C)(C)C)C1)C2. The molecule has 0 bridgehead atoms. The van der Waals surface area contributed by atoms with Crippen LogP contribution < -0.4 is 5.32 Å². The van der Waals surface area contributed by atoms with E-state index in [1.165, 1.54) is 11.1 Å². The highest BCUT2D eigenvalue weighted by Crippen LogP contribution is 2.29. The summed E-state index contributed by atoms with van der Waals surface area (Å²) in [5.41, 5.74) is 2.01. The molecule has 3 atom stereocenters. The van der Waals surface area contributed by atoms with Crippen molar-refractivity contribution >= 4 is 17.3 Å². The van der Waals surface area contributed by atoms with Crippen LogP contribution in [-0.4, -0.2) is 52.7 Å². The third-order valence-corrected chi connectivity index (χ3v) is 5.60. The van der Waals surface area contributed by atoms with Crippen LogP contribution in [0.15, 0.2) is 23.1 Å². The van der Waals surface area contributed by atoms with Crippen molar-refractivity contribution < 1.29 is 18.8 Å². The Labute approximate surface area is 158 Å². The van der Waals surface area contributed by atoms with E-state index in [-0.39, 0.29) is 12.1 Å². The first-order chi connectivity index (χ1) is 12.2. The average molecular weight is 381 g/mol. The van der Waals surface area contributed by atoms with E-state index in [1.54, 1.807) is 6.26 Å². The minimum absolute atomic E-state index is 0.0500. The van der Waals surface area contributed by atoms with Gasteiger partial charge in [0.1, 0.15) is 11.9 Å². The fourth-order valence-corrected chi connectivity index (χ4v) is 4.04. The van der Waals surface area contributed by atoms with Gasteiger partial charge in [0.2, 0.25) is 0 Å². The van der Waals surface area contributed by atoms with Crippen LogP contribution in [0.25, 0.3) is 0 Å². The van der Waals surface area contributed by atoms with E-state index >= 15 is 0 Å². The Bertz CT molecular complexity index is 659. The lowest BCUT2D eigenvalue weighted by molar-refractivity contribution is -0.00782. The van der Waals surface area contributed by atoms with Crippen LogP contribution in [0.3, 0.4) is 0 Å². The van der Waals surface area contributed by atoms with Gasteiger partial charge in [-0.15, -0.1) is 0 Å². The molecule has 0 radical (unpaired) electrons. The first kappa shape index (κ1) is 19.5. The highest BCUT2D eigenvalue weighted by molar-refractivity contribution is 7.90. The molecule has 1 aromatic rings. The second-order valence-electron chi connectivity index (χ2n) is 8.06. The molecule has 6 nitrogen and oxygen atoms in total. The zero-order valence-corrected chi connectivity index (χ0v) is 16.7. The zero-order valence-electron chi connectivity index (χ0n) is 15.9. The molecular weight excluding hydrogens is 352 g/mol. The van der Waals surface area contributed by atoms with Crippen LogP contribution in [-0.2, 0) is 33.7 Å². The summed E-state index contributed by atoms with van der Waals surface area (Å²) in [5.74, 6) is 0. The van der Waals surface area contributed by atoms with Gasteiger partial charge in [-0.3, -0.25) is 4.90 Å². The van der Waals surface area contributed by atoms with E-state index in [1.807, 2.05) is 32.9 Å². The van der Waals surface area contributed by atoms with Gasteiger partial charge in [-0.1, -0.05) is 6.07 Å². The number of carbonyl (C=O) groups is 1. The van der Waals surface area contributed by atoms with Gasteiger partial charge < -0.3 is 19.3 Å². The monoisotopic (exact) mass is 380 g/mol. The number of hydrogen-bond acceptors (Lipinski definition) is 5. The number of nitrogens with one attached hydrogen (secondary N) is 1. The second-order valence-corrected chi connectivity index (χ2v) is 9.44. The van der Waals surface area contributed by atoms with E-state index in [2.05, 4.69) is 16.3 Å². The highest BCUT2D eigenvalue weighted by Gasteiger charge is 2.32. The first-order valence-corrected chi connectivity index (χ1v) is 10.5. The number of hydrogen-bond donors (Lipinski definition) is 1. The largest absolute Gasteiger partial charge is 0.612 e. The lowest BCUT2D eigenvalue weighted by atomic mass is 10.0. The molecule has 1 amide bonds. The molecule has 3 rings (SSSR count). The summed E-state index contributed by atoms with van der Waals surface area (Å²) < 4.78 is 22.8. The van der Waals surface area contributed by atoms with Gasteiger partial charge in [0.05, 0.1) is 19.3 Å². The van der Waals surface area contributed by atoms with E-state index in [4.69, 9.17) is 9.47 Å². The Balaban J connectivity index is 1.58. The first-order valence-electron chi connectivity index (χ1n) is 8.98. The molecule has 0 aliphatic carbocycles. The predicted molar refractivity (Wildman–Crippen MR) is 100 cm³/mol. The van der Waals surface area contributed by atoms with E-state index in [9.17, 15) is 9.35 Å². The quantitative estimate of drug-likeness (QED) is 0.815. The van der Waals surface area contributed by atoms with Gasteiger partial charge in [0.25, 0.3) is 0 Å². The minimum atomic E-state index is -0.963. The van der Waals surface area contributed by atoms with E-state index < -0.39 is 22.9 Å². The number of benzene rings is 1. The topological polar surface area (TPSA) is 73.9 Å². The number of amides is 1. The van der Waals surface area contributed by atoms with Gasteiger partial charge in [0, 0.05) is 19.1 Å². The molecule has 2 heterocycles. The van der Waals surface area contributed by atoms with Gasteiger partial charge >= 0.3 is 6.09 Å². The predicted octanol–water partition coefficient (Wildman–Crippen LogP) is 2.42. The Kier molecular flexibility index (Phi) is 5.81. The summed E-state index contributed by atoms with van der Waals surface area (Å²) in [4.78, 5) is 15.2. The Morgan fingerprint density at radius 2 is 2.04 bits per heavy atom. The van der Waals surface area contributed by atoms with Crippen LogP contribution >= 0.6 is 0 Å². The van der Waals surface area contributed by atoms with Crippen molar-refractivity contribution in [1.29, 1.82) is 0 Å². The smallest absolute Gasteiger partial charge is 0.407 e. The summed E-state index contributed by atoms with van der Waals surface area (Å²) in [6.07, 6.45) is 2.14. The summed E-state index contributed by atoms with van der Waals surface area (Å²) in [7, 11) is 0. The molecule has 1 fully saturated rings. The Hall–Kier alpha value is -1.28. The fraction of sp³-hybridized carbons (Fsp3) is 0.632. The van der Waals surface area contributed by atoms with Crippen molar-refractivity contribution in [2.75, 3.05) is 19.5 Å². The molecule has 26 heavy (non-hydrogen) atoms. The maximum Gasteiger partial charge on any atom is 0.407 e. The maximum atomic E-state index is 12.0. The molecule has 0 aromatic heterocycles. The average Bonchev–Trinajstić information content (AvgIpc) is 2.96. The zero-order chi connectivity index (χ0) is 18.9. The summed E-state index contributed by atoms with van der Waals surface area (Å²) in [5, 5.41) is 2.92. The number of nitrogens with zero attached hydrogens (tertiary/aromatic N) is 1. The highest BCUT2D eigenvalue weighted by atomic mass is 32.2. The van der Waals surface area contributed by atoms with Crippen molar-refractivity contribution in [2.45, 2.75) is 62.9 Å². The molecule has 1 N–H and O–H groups in total. The minimum Gasteiger partial charge on any atom is -0.612 e. The van der Waals surface area contributed by atoms with E-state index in [0.717, 1.165) is 24.4 Å². The molecule has 144 valence electrons. The molecule has 2 aliphatic rings. The molecule has 1 unspecified atom stereocenters. The van der Waals surface area contributed by atoms with Gasteiger partial charge in [-0.25, -0.2) is 4.79 Å². The summed E-state index contributed by atoms with van der Waals surface area (Å²) >= 11 is -0.963. The molecule has 0 spiro atoms. The third-order valence-electron chi connectivity index (χ3n) is 4.68. The molecule has 2 aliphatic heterocycles. The number of carbonyl (C=O) groups excluding carboxylic acids is 1. The number of ether oxygens (including phenoxy) is 2. The van der Waals surface area contributed by atoms with Crippen LogP contribution in [0.5, 0.6) is 0 Å². The van der Waals surface area contributed by atoms with Crippen molar-refractivity contribution in [3.63, 3.8) is 0 Å². The van der Waals surface area contributed by atoms with Crippen molar-refractivity contribution in [3.05, 3.63) is 29.3 Å². The van der Waals surface area contributed by atoms with E-state index in [0.29, 0.717) is 13.2 Å². The third kappa shape index (κ3) is 4.91. The van der Waals surface area contributed by atoms with Crippen molar-refractivity contribution in [2.24, 2.45) is 0 Å². The standard InChI is InChI=1S/C19H28N2O4S/c1-19(2,3)25-18(22)20-15-8-16(12-24-11-15)21-9-13-5-6-17(26(4)23)7-14(13)10-21/h5-7,15-16H,8-12H2,1-4H3,(H,20,22)/t15-,16+,26?/m0/s1. The van der Waals surface area contributed by atoms with Gasteiger partial charge in [-0.2, -0.15) is 0 Å². The Morgan fingerprint density at radius 3 is 2.73 bits per heavy atom. The van der Waals surface area contributed by atoms with Crippen molar-refractivity contribution in [1.82, 2.24) is 10.2 Å². The molecule has 1 aromatic carbocycles. The van der Waals surface area contributed by atoms with Gasteiger partial charge in [-0.05, 0) is 61.6 Å². The molecule has 0 saturated carbocycles. The van der Waals surface area contributed by atoms with Crippen molar-refractivity contribution in [3.8, 4) is 0 Å². The summed E-state index contributed by atoms with van der Waals surface area (Å²) in [6, 6.07) is 6.26. The van der Waals surface area contributed by atoms with Crippen LogP contribution in [0.2, 0.25) is 0 Å². The molecule has 1 saturated heterocycles. The molecular formula is C19H28N2O4S. The maximum absolute atomic E-state index is 12.0. The fourth-order valence-electron chi connectivity index (χ4n) is 3.47. The van der Waals surface area contributed by atoms with Crippen LogP contribution in [0.1, 0.15) is 38.3 Å². The molecule has 7 heteroatoms. The number of fused-ring (bicyclic) bond motifs is 1. The van der Waals surface area contributed by atoms with Gasteiger partial charge in [0.15, 0.2) is 4.90 Å². The Morgan fingerprint density at radius 1 is 1.31 bits per heavy atom. The van der Waals surface area contributed by atoms with Crippen LogP contribution in [0, 0.1) is 0 Å². The lowest BCUT2D eigenvalue weighted by Crippen LogP contribution is -2.50. The van der Waals surface area contributed by atoms with Crippen LogP contribution in [0.4, 0.5) is 4.79 Å². The summed E-state index contributed by atoms with van der Waals surface area (Å²) in [6.45, 7) is 8.42. The normalized spacial score (nSPS) is 24.8. The number of alkyl carbamates (subject to hydrolysis) is 1. The second kappa shape index (κ2) is 7.76. The number of rotatable bonds is 3.